The van der Waals surface area contributed by atoms with Gasteiger partial charge in [-0.1, -0.05) is 45.0 Å². The lowest BCUT2D eigenvalue weighted by atomic mass is 9.87. The van der Waals surface area contributed by atoms with Crippen molar-refractivity contribution in [3.63, 3.8) is 0 Å². The maximum Gasteiger partial charge on any atom is 0.269 e. The van der Waals surface area contributed by atoms with E-state index < -0.39 is 15.9 Å². The predicted octanol–water partition coefficient (Wildman–Crippen LogP) is 2.03. The molecule has 4 N–H and O–H groups in total. The predicted molar refractivity (Wildman–Crippen MR) is 107 cm³/mol. The Hall–Kier alpha value is -2.71. The van der Waals surface area contributed by atoms with E-state index in [9.17, 15) is 18.0 Å². The highest BCUT2D eigenvalue weighted by Crippen LogP contribution is 2.22. The number of benzene rings is 2. The van der Waals surface area contributed by atoms with Crippen molar-refractivity contribution >= 4 is 21.8 Å². The summed E-state index contributed by atoms with van der Waals surface area (Å²) in [5, 5.41) is 5.04. The molecule has 0 aliphatic rings. The summed E-state index contributed by atoms with van der Waals surface area (Å²) in [6, 6.07) is 13.2. The Morgan fingerprint density at radius 2 is 1.50 bits per heavy atom. The highest BCUT2D eigenvalue weighted by molar-refractivity contribution is 7.89. The molecule has 2 aromatic carbocycles. The molecule has 7 nitrogen and oxygen atoms in total. The molecule has 0 aliphatic heterocycles. The largest absolute Gasteiger partial charge is 0.273 e. The fraction of sp³-hybridized carbons (Fsp3) is 0.300. The molecule has 0 saturated carbocycles. The molecule has 0 aromatic heterocycles. The third kappa shape index (κ3) is 6.17. The van der Waals surface area contributed by atoms with Gasteiger partial charge in [0.05, 0.1) is 4.90 Å². The Morgan fingerprint density at radius 3 is 2.00 bits per heavy atom. The number of hydrogen-bond donors (Lipinski definition) is 3. The molecule has 0 radical (unpaired) electrons. The van der Waals surface area contributed by atoms with Crippen LogP contribution in [0.15, 0.2) is 53.4 Å². The number of carbonyl (C=O) groups is 2. The molecule has 28 heavy (non-hydrogen) atoms. The van der Waals surface area contributed by atoms with E-state index in [0.717, 1.165) is 11.1 Å². The smallest absolute Gasteiger partial charge is 0.269 e. The lowest BCUT2D eigenvalue weighted by Gasteiger charge is -2.19. The van der Waals surface area contributed by atoms with Crippen molar-refractivity contribution in [1.29, 1.82) is 0 Å². The minimum absolute atomic E-state index is 0.00420. The molecule has 8 heteroatoms. The first-order chi connectivity index (χ1) is 13.0. The Morgan fingerprint density at radius 1 is 0.929 bits per heavy atom. The quantitative estimate of drug-likeness (QED) is 0.662. The lowest BCUT2D eigenvalue weighted by Crippen LogP contribution is -2.41. The van der Waals surface area contributed by atoms with E-state index in [-0.39, 0.29) is 22.6 Å². The van der Waals surface area contributed by atoms with Crippen molar-refractivity contribution in [3.05, 3.63) is 65.2 Å². The van der Waals surface area contributed by atoms with Crippen LogP contribution in [0.25, 0.3) is 0 Å². The van der Waals surface area contributed by atoms with Gasteiger partial charge in [-0.25, -0.2) is 13.6 Å². The number of hydrogen-bond acceptors (Lipinski definition) is 4. The first-order valence-corrected chi connectivity index (χ1v) is 10.3. The first kappa shape index (κ1) is 21.6. The summed E-state index contributed by atoms with van der Waals surface area (Å²) in [5.41, 5.74) is 7.11. The number of amides is 2. The molecular weight excluding hydrogens is 378 g/mol. The molecule has 2 rings (SSSR count). The number of sulfonamides is 1. The van der Waals surface area contributed by atoms with Crippen molar-refractivity contribution in [2.75, 3.05) is 0 Å². The van der Waals surface area contributed by atoms with Gasteiger partial charge >= 0.3 is 0 Å². The van der Waals surface area contributed by atoms with E-state index in [1.165, 1.54) is 12.1 Å². The second-order valence-corrected chi connectivity index (χ2v) is 9.08. The standard InChI is InChI=1S/C20H25N3O4S/c1-20(2,3)16-9-7-15(8-10-16)19(25)23-22-18(24)13-6-14-4-11-17(12-5-14)28(21,26)27/h4-5,7-12H,6,13H2,1-3H3,(H,22,24)(H,23,25)(H2,21,26,27). The number of nitrogens with one attached hydrogen (secondary N) is 2. The molecule has 0 spiro atoms. The van der Waals surface area contributed by atoms with Crippen LogP contribution in [0.1, 0.15) is 48.7 Å². The SMILES string of the molecule is CC(C)(C)c1ccc(C(=O)NNC(=O)CCc2ccc(S(N)(=O)=O)cc2)cc1. The molecule has 0 saturated heterocycles. The number of aryl methyl sites for hydroxylation is 1. The molecule has 0 unspecified atom stereocenters. The van der Waals surface area contributed by atoms with E-state index in [1.807, 2.05) is 12.1 Å². The van der Waals surface area contributed by atoms with Crippen LogP contribution >= 0.6 is 0 Å². The molecule has 0 atom stereocenters. The molecule has 0 fully saturated rings. The summed E-state index contributed by atoms with van der Waals surface area (Å²) in [5.74, 6) is -0.749. The van der Waals surface area contributed by atoms with Crippen molar-refractivity contribution in [2.24, 2.45) is 5.14 Å². The zero-order valence-corrected chi connectivity index (χ0v) is 17.0. The topological polar surface area (TPSA) is 118 Å². The maximum atomic E-state index is 12.1. The average molecular weight is 404 g/mol. The van der Waals surface area contributed by atoms with Crippen molar-refractivity contribution in [2.45, 2.75) is 43.9 Å². The van der Waals surface area contributed by atoms with Crippen molar-refractivity contribution < 1.29 is 18.0 Å². The minimum Gasteiger partial charge on any atom is -0.273 e. The van der Waals surface area contributed by atoms with E-state index in [1.54, 1.807) is 24.3 Å². The molecule has 2 aromatic rings. The first-order valence-electron chi connectivity index (χ1n) is 8.78. The fourth-order valence-electron chi connectivity index (χ4n) is 2.49. The Balaban J connectivity index is 1.83. The second kappa shape index (κ2) is 8.53. The van der Waals surface area contributed by atoms with Gasteiger partial charge in [-0.05, 0) is 47.2 Å². The number of rotatable bonds is 5. The summed E-state index contributed by atoms with van der Waals surface area (Å²) in [6.45, 7) is 6.26. The Kier molecular flexibility index (Phi) is 6.58. The average Bonchev–Trinajstić information content (AvgIpc) is 2.63. The highest BCUT2D eigenvalue weighted by Gasteiger charge is 2.14. The van der Waals surface area contributed by atoms with Crippen LogP contribution in [-0.4, -0.2) is 20.2 Å². The van der Waals surface area contributed by atoms with E-state index >= 15 is 0 Å². The monoisotopic (exact) mass is 403 g/mol. The molecule has 2 amide bonds. The van der Waals surface area contributed by atoms with Crippen LogP contribution in [0.4, 0.5) is 0 Å². The van der Waals surface area contributed by atoms with Gasteiger partial charge in [-0.15, -0.1) is 0 Å². The summed E-state index contributed by atoms with van der Waals surface area (Å²) < 4.78 is 22.4. The summed E-state index contributed by atoms with van der Waals surface area (Å²) in [4.78, 5) is 24.1. The van der Waals surface area contributed by atoms with Crippen LogP contribution in [0.5, 0.6) is 0 Å². The van der Waals surface area contributed by atoms with Gasteiger partial charge in [-0.3, -0.25) is 20.4 Å². The van der Waals surface area contributed by atoms with E-state index in [2.05, 4.69) is 31.6 Å². The van der Waals surface area contributed by atoms with Gasteiger partial charge in [0.25, 0.3) is 5.91 Å². The molecular formula is C20H25N3O4S. The molecule has 0 bridgehead atoms. The van der Waals surface area contributed by atoms with Crippen molar-refractivity contribution in [3.8, 4) is 0 Å². The van der Waals surface area contributed by atoms with Crippen LogP contribution in [0.2, 0.25) is 0 Å². The zero-order valence-electron chi connectivity index (χ0n) is 16.2. The van der Waals surface area contributed by atoms with Crippen molar-refractivity contribution in [1.82, 2.24) is 10.9 Å². The van der Waals surface area contributed by atoms with Gasteiger partial charge in [0.15, 0.2) is 0 Å². The summed E-state index contributed by atoms with van der Waals surface area (Å²) in [6.07, 6.45) is 0.533. The second-order valence-electron chi connectivity index (χ2n) is 7.52. The van der Waals surface area contributed by atoms with E-state index in [4.69, 9.17) is 5.14 Å². The highest BCUT2D eigenvalue weighted by atomic mass is 32.2. The maximum absolute atomic E-state index is 12.1. The van der Waals surface area contributed by atoms with Crippen LogP contribution in [0, 0.1) is 0 Å². The third-order valence-corrected chi connectivity index (χ3v) is 5.15. The van der Waals surface area contributed by atoms with Gasteiger partial charge in [0.2, 0.25) is 15.9 Å². The number of carbonyl (C=O) groups excluding carboxylic acids is 2. The third-order valence-electron chi connectivity index (χ3n) is 4.22. The number of hydrazine groups is 1. The molecule has 150 valence electrons. The van der Waals surface area contributed by atoms with Crippen LogP contribution < -0.4 is 16.0 Å². The van der Waals surface area contributed by atoms with Gasteiger partial charge in [0, 0.05) is 12.0 Å². The summed E-state index contributed by atoms with van der Waals surface area (Å²) in [7, 11) is -3.73. The van der Waals surface area contributed by atoms with Gasteiger partial charge in [0.1, 0.15) is 0 Å². The van der Waals surface area contributed by atoms with Crippen LogP contribution in [-0.2, 0) is 26.7 Å². The minimum atomic E-state index is -3.73. The normalized spacial score (nSPS) is 11.7. The van der Waals surface area contributed by atoms with Crippen LogP contribution in [0.3, 0.4) is 0 Å². The van der Waals surface area contributed by atoms with Gasteiger partial charge in [-0.2, -0.15) is 0 Å². The Bertz CT molecular complexity index is 944. The fourth-order valence-corrected chi connectivity index (χ4v) is 3.00. The summed E-state index contributed by atoms with van der Waals surface area (Å²) >= 11 is 0. The zero-order chi connectivity index (χ0) is 20.9. The molecule has 0 heterocycles. The van der Waals surface area contributed by atoms with Gasteiger partial charge < -0.3 is 0 Å². The molecule has 0 aliphatic carbocycles. The van der Waals surface area contributed by atoms with E-state index in [0.29, 0.717) is 12.0 Å². The Labute approximate surface area is 165 Å². The lowest BCUT2D eigenvalue weighted by molar-refractivity contribution is -0.121. The number of primary sulfonamides is 1. The number of nitrogens with two attached hydrogens (primary N) is 1.